The lowest BCUT2D eigenvalue weighted by Gasteiger charge is -1.97. The summed E-state index contributed by atoms with van der Waals surface area (Å²) in [5, 5.41) is 0.670. The third-order valence-electron chi connectivity index (χ3n) is 2.16. The standard InChI is InChI=1S/C11H11NO2S/c1-8-10(13)12(15-11(8)14-2)9-6-4-3-5-7-9/h3-7H,1-2H3. The Hall–Kier alpha value is -1.55. The summed E-state index contributed by atoms with van der Waals surface area (Å²) in [7, 11) is 1.58. The van der Waals surface area contributed by atoms with Gasteiger partial charge in [0.05, 0.1) is 18.4 Å². The zero-order chi connectivity index (χ0) is 10.8. The fourth-order valence-corrected chi connectivity index (χ4v) is 2.27. The van der Waals surface area contributed by atoms with E-state index in [1.807, 2.05) is 30.3 Å². The summed E-state index contributed by atoms with van der Waals surface area (Å²) in [4.78, 5) is 11.8. The first-order valence-corrected chi connectivity index (χ1v) is 5.33. The molecular formula is C11H11NO2S. The minimum Gasteiger partial charge on any atom is -0.486 e. The number of para-hydroxylation sites is 1. The first-order valence-electron chi connectivity index (χ1n) is 4.56. The third kappa shape index (κ3) is 1.68. The number of hydrogen-bond donors (Lipinski definition) is 0. The molecule has 0 saturated heterocycles. The van der Waals surface area contributed by atoms with E-state index in [2.05, 4.69) is 0 Å². The van der Waals surface area contributed by atoms with Crippen LogP contribution in [0, 0.1) is 6.92 Å². The SMILES string of the molecule is COc1sn(-c2ccccc2)c(=O)c1C. The largest absolute Gasteiger partial charge is 0.486 e. The van der Waals surface area contributed by atoms with Gasteiger partial charge in [0.1, 0.15) is 0 Å². The molecule has 15 heavy (non-hydrogen) atoms. The Morgan fingerprint density at radius 2 is 1.93 bits per heavy atom. The minimum absolute atomic E-state index is 0.0111. The summed E-state index contributed by atoms with van der Waals surface area (Å²) < 4.78 is 6.76. The topological polar surface area (TPSA) is 31.2 Å². The Labute approximate surface area is 91.7 Å². The van der Waals surface area contributed by atoms with Gasteiger partial charge in [-0.2, -0.15) is 0 Å². The predicted molar refractivity (Wildman–Crippen MR) is 61.2 cm³/mol. The Bertz CT molecular complexity index is 513. The van der Waals surface area contributed by atoms with Gasteiger partial charge in [-0.15, -0.1) is 0 Å². The zero-order valence-electron chi connectivity index (χ0n) is 8.56. The number of benzene rings is 1. The lowest BCUT2D eigenvalue weighted by Crippen LogP contribution is -2.12. The second-order valence-corrected chi connectivity index (χ2v) is 4.06. The van der Waals surface area contributed by atoms with Crippen molar-refractivity contribution in [3.05, 3.63) is 46.2 Å². The fourth-order valence-electron chi connectivity index (χ4n) is 1.36. The molecule has 0 spiro atoms. The molecule has 78 valence electrons. The van der Waals surface area contributed by atoms with Crippen LogP contribution in [0.1, 0.15) is 5.56 Å². The van der Waals surface area contributed by atoms with Gasteiger partial charge < -0.3 is 4.74 Å². The Morgan fingerprint density at radius 3 is 2.47 bits per heavy atom. The highest BCUT2D eigenvalue weighted by Crippen LogP contribution is 2.23. The minimum atomic E-state index is -0.0111. The van der Waals surface area contributed by atoms with Gasteiger partial charge >= 0.3 is 0 Å². The maximum Gasteiger partial charge on any atom is 0.272 e. The van der Waals surface area contributed by atoms with Crippen molar-refractivity contribution in [2.45, 2.75) is 6.92 Å². The van der Waals surface area contributed by atoms with Gasteiger partial charge in [0.25, 0.3) is 5.56 Å². The van der Waals surface area contributed by atoms with E-state index in [1.165, 1.54) is 11.5 Å². The van der Waals surface area contributed by atoms with Gasteiger partial charge in [0.2, 0.25) is 0 Å². The van der Waals surface area contributed by atoms with Gasteiger partial charge in [-0.3, -0.25) is 4.79 Å². The summed E-state index contributed by atoms with van der Waals surface area (Å²) in [6, 6.07) is 9.53. The second kappa shape index (κ2) is 3.90. The van der Waals surface area contributed by atoms with E-state index in [-0.39, 0.29) is 5.56 Å². The van der Waals surface area contributed by atoms with Crippen LogP contribution in [0.2, 0.25) is 0 Å². The average molecular weight is 221 g/mol. The summed E-state index contributed by atoms with van der Waals surface area (Å²) in [5.74, 6) is 0. The quantitative estimate of drug-likeness (QED) is 0.778. The summed E-state index contributed by atoms with van der Waals surface area (Å²) >= 11 is 1.32. The molecule has 0 amide bonds. The van der Waals surface area contributed by atoms with Crippen LogP contribution >= 0.6 is 11.5 Å². The molecule has 4 heteroatoms. The monoisotopic (exact) mass is 221 g/mol. The van der Waals surface area contributed by atoms with Crippen molar-refractivity contribution < 1.29 is 4.74 Å². The molecule has 0 N–H and O–H groups in total. The first kappa shape index (κ1) is 9.98. The fraction of sp³-hybridized carbons (Fsp3) is 0.182. The molecule has 2 aromatic rings. The van der Waals surface area contributed by atoms with Crippen molar-refractivity contribution in [1.82, 2.24) is 3.96 Å². The van der Waals surface area contributed by atoms with Crippen LogP contribution < -0.4 is 10.3 Å². The van der Waals surface area contributed by atoms with Crippen molar-refractivity contribution >= 4 is 11.5 Å². The number of ether oxygens (including phenoxy) is 1. The van der Waals surface area contributed by atoms with Crippen molar-refractivity contribution in [2.24, 2.45) is 0 Å². The molecule has 0 radical (unpaired) electrons. The van der Waals surface area contributed by atoms with Crippen LogP contribution in [-0.4, -0.2) is 11.1 Å². The molecule has 0 saturated carbocycles. The second-order valence-electron chi connectivity index (χ2n) is 3.14. The van der Waals surface area contributed by atoms with E-state index < -0.39 is 0 Å². The van der Waals surface area contributed by atoms with Crippen molar-refractivity contribution in [2.75, 3.05) is 7.11 Å². The lowest BCUT2D eigenvalue weighted by atomic mass is 10.3. The van der Waals surface area contributed by atoms with E-state index in [1.54, 1.807) is 18.0 Å². The first-order chi connectivity index (χ1) is 7.24. The molecule has 0 aliphatic heterocycles. The number of methoxy groups -OCH3 is 1. The molecule has 1 heterocycles. The number of nitrogens with zero attached hydrogens (tertiary/aromatic N) is 1. The van der Waals surface area contributed by atoms with Crippen LogP contribution in [0.25, 0.3) is 5.69 Å². The molecular weight excluding hydrogens is 210 g/mol. The Balaban J connectivity index is 2.60. The molecule has 1 aromatic carbocycles. The van der Waals surface area contributed by atoms with Gasteiger partial charge in [0, 0.05) is 0 Å². The molecule has 3 nitrogen and oxygen atoms in total. The molecule has 0 aliphatic carbocycles. The normalized spacial score (nSPS) is 10.3. The van der Waals surface area contributed by atoms with E-state index in [0.717, 1.165) is 5.69 Å². The van der Waals surface area contributed by atoms with E-state index in [4.69, 9.17) is 4.74 Å². The third-order valence-corrected chi connectivity index (χ3v) is 3.36. The van der Waals surface area contributed by atoms with E-state index in [9.17, 15) is 4.79 Å². The van der Waals surface area contributed by atoms with Gasteiger partial charge in [-0.1, -0.05) is 18.2 Å². The van der Waals surface area contributed by atoms with Crippen molar-refractivity contribution in [3.63, 3.8) is 0 Å². The molecule has 0 fully saturated rings. The molecule has 0 bridgehead atoms. The smallest absolute Gasteiger partial charge is 0.272 e. The van der Waals surface area contributed by atoms with Gasteiger partial charge in [-0.05, 0) is 30.6 Å². The molecule has 0 unspecified atom stereocenters. The highest BCUT2D eigenvalue weighted by molar-refractivity contribution is 7.08. The summed E-state index contributed by atoms with van der Waals surface area (Å²) in [6.07, 6.45) is 0. The zero-order valence-corrected chi connectivity index (χ0v) is 9.38. The van der Waals surface area contributed by atoms with Crippen LogP contribution in [0.4, 0.5) is 0 Å². The Kier molecular flexibility index (Phi) is 2.60. The number of rotatable bonds is 2. The van der Waals surface area contributed by atoms with Crippen LogP contribution in [0.15, 0.2) is 35.1 Å². The number of aromatic nitrogens is 1. The van der Waals surface area contributed by atoms with Crippen LogP contribution in [-0.2, 0) is 0 Å². The lowest BCUT2D eigenvalue weighted by molar-refractivity contribution is 0.424. The maximum absolute atomic E-state index is 11.8. The van der Waals surface area contributed by atoms with E-state index in [0.29, 0.717) is 10.6 Å². The number of hydrogen-bond acceptors (Lipinski definition) is 3. The highest BCUT2D eigenvalue weighted by Gasteiger charge is 2.11. The summed E-state index contributed by atoms with van der Waals surface area (Å²) in [5.41, 5.74) is 1.52. The van der Waals surface area contributed by atoms with Crippen LogP contribution in [0.5, 0.6) is 5.06 Å². The Morgan fingerprint density at radius 1 is 1.27 bits per heavy atom. The molecule has 0 aliphatic rings. The van der Waals surface area contributed by atoms with E-state index >= 15 is 0 Å². The summed E-state index contributed by atoms with van der Waals surface area (Å²) in [6.45, 7) is 1.77. The van der Waals surface area contributed by atoms with Crippen molar-refractivity contribution in [3.8, 4) is 10.8 Å². The van der Waals surface area contributed by atoms with Gasteiger partial charge in [-0.25, -0.2) is 3.96 Å². The molecule has 1 aromatic heterocycles. The average Bonchev–Trinajstić information content (AvgIpc) is 2.57. The van der Waals surface area contributed by atoms with Crippen molar-refractivity contribution in [1.29, 1.82) is 0 Å². The maximum atomic E-state index is 11.8. The molecule has 2 rings (SSSR count). The van der Waals surface area contributed by atoms with Crippen LogP contribution in [0.3, 0.4) is 0 Å². The molecule has 0 atom stereocenters. The van der Waals surface area contributed by atoms with Gasteiger partial charge in [0.15, 0.2) is 5.06 Å². The predicted octanol–water partition coefficient (Wildman–Crippen LogP) is 2.22. The highest BCUT2D eigenvalue weighted by atomic mass is 32.1.